The van der Waals surface area contributed by atoms with E-state index < -0.39 is 0 Å². The first-order chi connectivity index (χ1) is 9.70. The predicted molar refractivity (Wildman–Crippen MR) is 84.1 cm³/mol. The van der Waals surface area contributed by atoms with Crippen LogP contribution in [0, 0.1) is 6.92 Å². The molecule has 2 aromatic heterocycles. The van der Waals surface area contributed by atoms with Crippen LogP contribution in [0.1, 0.15) is 12.1 Å². The summed E-state index contributed by atoms with van der Waals surface area (Å²) < 4.78 is 1.04. The van der Waals surface area contributed by atoms with Gasteiger partial charge in [-0.1, -0.05) is 0 Å². The molecule has 0 spiro atoms. The molecule has 20 heavy (non-hydrogen) atoms. The van der Waals surface area contributed by atoms with Crippen molar-refractivity contribution in [1.29, 1.82) is 0 Å². The van der Waals surface area contributed by atoms with E-state index in [1.165, 1.54) is 12.1 Å². The zero-order chi connectivity index (χ0) is 13.7. The minimum Gasteiger partial charge on any atom is -0.366 e. The van der Waals surface area contributed by atoms with Gasteiger partial charge >= 0.3 is 0 Å². The van der Waals surface area contributed by atoms with Crippen LogP contribution in [0.5, 0.6) is 0 Å². The van der Waals surface area contributed by atoms with Gasteiger partial charge in [-0.05, 0) is 47.5 Å². The van der Waals surface area contributed by atoms with Gasteiger partial charge in [0.1, 0.15) is 0 Å². The average molecular weight is 331 g/mol. The fourth-order valence-corrected chi connectivity index (χ4v) is 3.55. The van der Waals surface area contributed by atoms with Gasteiger partial charge in [0, 0.05) is 41.1 Å². The second-order valence-electron chi connectivity index (χ2n) is 5.45. The normalized spacial score (nSPS) is 19.7. The molecular formula is C15H15BrN4. The van der Waals surface area contributed by atoms with Gasteiger partial charge in [-0.15, -0.1) is 0 Å². The molecule has 0 saturated carbocycles. The van der Waals surface area contributed by atoms with Gasteiger partial charge in [0.2, 0.25) is 0 Å². The minimum absolute atomic E-state index is 0.545. The maximum Gasteiger partial charge on any atom is 0.150 e. The highest BCUT2D eigenvalue weighted by molar-refractivity contribution is 9.10. The van der Waals surface area contributed by atoms with Gasteiger partial charge in [-0.3, -0.25) is 4.98 Å². The number of aryl methyl sites for hydroxylation is 1. The van der Waals surface area contributed by atoms with E-state index in [9.17, 15) is 0 Å². The third-order valence-electron chi connectivity index (χ3n) is 4.00. The van der Waals surface area contributed by atoms with Crippen LogP contribution in [0.15, 0.2) is 28.9 Å². The van der Waals surface area contributed by atoms with Crippen LogP contribution in [0.2, 0.25) is 0 Å². The highest BCUT2D eigenvalue weighted by Gasteiger charge is 2.31. The Labute approximate surface area is 126 Å². The Balaban J connectivity index is 1.85. The summed E-state index contributed by atoms with van der Waals surface area (Å²) in [5.41, 5.74) is 4.29. The van der Waals surface area contributed by atoms with Crippen LogP contribution >= 0.6 is 15.9 Å². The lowest BCUT2D eigenvalue weighted by molar-refractivity contribution is 0.788. The Kier molecular flexibility index (Phi) is 2.70. The summed E-state index contributed by atoms with van der Waals surface area (Å²) in [6.45, 7) is 4.21. The SMILES string of the molecule is Cc1cc(-c2nc3c(cc2Br)N2CC[C@@H](C2)N3)ccn1. The number of nitrogens with zero attached hydrogens (tertiary/aromatic N) is 3. The maximum absolute atomic E-state index is 4.84. The van der Waals surface area contributed by atoms with Crippen molar-refractivity contribution in [2.45, 2.75) is 19.4 Å². The van der Waals surface area contributed by atoms with Gasteiger partial charge in [-0.25, -0.2) is 4.98 Å². The third-order valence-corrected chi connectivity index (χ3v) is 4.60. The Morgan fingerprint density at radius 2 is 2.30 bits per heavy atom. The fraction of sp³-hybridized carbons (Fsp3) is 0.333. The maximum atomic E-state index is 4.84. The van der Waals surface area contributed by atoms with Gasteiger partial charge in [-0.2, -0.15) is 0 Å². The lowest BCUT2D eigenvalue weighted by Crippen LogP contribution is -2.32. The molecule has 5 heteroatoms. The molecule has 0 amide bonds. The topological polar surface area (TPSA) is 41.1 Å². The number of fused-ring (bicyclic) bond motifs is 4. The van der Waals surface area contributed by atoms with Crippen LogP contribution < -0.4 is 10.2 Å². The standard InChI is InChI=1S/C15H15BrN4/c1-9-6-10(2-4-17-9)14-12(16)7-13-15(19-14)18-11-3-5-20(13)8-11/h2,4,6-7,11H,3,5,8H2,1H3,(H,18,19)/t11-/m0/s1. The molecule has 0 radical (unpaired) electrons. The molecule has 1 saturated heterocycles. The Bertz CT molecular complexity index is 686. The first-order valence-electron chi connectivity index (χ1n) is 6.86. The quantitative estimate of drug-likeness (QED) is 0.871. The molecule has 4 heterocycles. The van der Waals surface area contributed by atoms with Crippen molar-refractivity contribution in [1.82, 2.24) is 9.97 Å². The number of nitrogens with one attached hydrogen (secondary N) is 1. The summed E-state index contributed by atoms with van der Waals surface area (Å²) >= 11 is 3.67. The van der Waals surface area contributed by atoms with E-state index in [1.807, 2.05) is 19.2 Å². The Morgan fingerprint density at radius 1 is 1.40 bits per heavy atom. The van der Waals surface area contributed by atoms with Crippen molar-refractivity contribution in [3.8, 4) is 11.3 Å². The number of anilines is 2. The van der Waals surface area contributed by atoms with Crippen LogP contribution in [0.4, 0.5) is 11.5 Å². The van der Waals surface area contributed by atoms with Crippen molar-refractivity contribution in [2.24, 2.45) is 0 Å². The molecule has 4 nitrogen and oxygen atoms in total. The molecule has 2 bridgehead atoms. The lowest BCUT2D eigenvalue weighted by atomic mass is 10.1. The zero-order valence-electron chi connectivity index (χ0n) is 11.2. The zero-order valence-corrected chi connectivity index (χ0v) is 12.8. The molecule has 1 N–H and O–H groups in total. The number of pyridine rings is 2. The molecule has 0 aromatic carbocycles. The predicted octanol–water partition coefficient (Wildman–Crippen LogP) is 3.22. The second-order valence-corrected chi connectivity index (χ2v) is 6.30. The summed E-state index contributed by atoms with van der Waals surface area (Å²) in [4.78, 5) is 11.5. The molecule has 2 aliphatic heterocycles. The van der Waals surface area contributed by atoms with Crippen LogP contribution in [-0.2, 0) is 0 Å². The Morgan fingerprint density at radius 3 is 3.15 bits per heavy atom. The monoisotopic (exact) mass is 330 g/mol. The molecule has 0 unspecified atom stereocenters. The first-order valence-corrected chi connectivity index (χ1v) is 7.65. The molecule has 1 atom stereocenters. The van der Waals surface area contributed by atoms with Crippen molar-refractivity contribution < 1.29 is 0 Å². The van der Waals surface area contributed by atoms with E-state index >= 15 is 0 Å². The van der Waals surface area contributed by atoms with Crippen LogP contribution in [0.25, 0.3) is 11.3 Å². The third kappa shape index (κ3) is 1.88. The highest BCUT2D eigenvalue weighted by atomic mass is 79.9. The average Bonchev–Trinajstić information content (AvgIpc) is 2.82. The van der Waals surface area contributed by atoms with Crippen LogP contribution in [0.3, 0.4) is 0 Å². The van der Waals surface area contributed by atoms with E-state index in [0.29, 0.717) is 6.04 Å². The van der Waals surface area contributed by atoms with E-state index in [2.05, 4.69) is 43.3 Å². The largest absolute Gasteiger partial charge is 0.366 e. The summed E-state index contributed by atoms with van der Waals surface area (Å²) in [6, 6.07) is 6.80. The van der Waals surface area contributed by atoms with Gasteiger partial charge in [0.25, 0.3) is 0 Å². The van der Waals surface area contributed by atoms with Gasteiger partial charge < -0.3 is 10.2 Å². The van der Waals surface area contributed by atoms with E-state index in [1.54, 1.807) is 0 Å². The van der Waals surface area contributed by atoms with E-state index in [0.717, 1.165) is 40.3 Å². The van der Waals surface area contributed by atoms with Crippen molar-refractivity contribution in [2.75, 3.05) is 23.3 Å². The number of aromatic nitrogens is 2. The fourth-order valence-electron chi connectivity index (χ4n) is 3.01. The molecule has 102 valence electrons. The Hall–Kier alpha value is -1.62. The lowest BCUT2D eigenvalue weighted by Gasteiger charge is -2.28. The molecule has 0 aliphatic carbocycles. The van der Waals surface area contributed by atoms with Gasteiger partial charge in [0.05, 0.1) is 11.4 Å². The minimum atomic E-state index is 0.545. The summed E-state index contributed by atoms with van der Waals surface area (Å²) in [7, 11) is 0. The smallest absolute Gasteiger partial charge is 0.150 e. The number of rotatable bonds is 1. The number of hydrogen-bond donors (Lipinski definition) is 1. The van der Waals surface area contributed by atoms with E-state index in [4.69, 9.17) is 4.98 Å². The molecule has 4 rings (SSSR count). The van der Waals surface area contributed by atoms with Crippen molar-refractivity contribution in [3.05, 3.63) is 34.6 Å². The molecule has 1 fully saturated rings. The van der Waals surface area contributed by atoms with E-state index in [-0.39, 0.29) is 0 Å². The first kappa shape index (κ1) is 12.1. The summed E-state index contributed by atoms with van der Waals surface area (Å²) in [5, 5.41) is 3.55. The molecule has 2 aliphatic rings. The highest BCUT2D eigenvalue weighted by Crippen LogP contribution is 2.39. The number of hydrogen-bond acceptors (Lipinski definition) is 4. The summed E-state index contributed by atoms with van der Waals surface area (Å²) in [6.07, 6.45) is 3.02. The van der Waals surface area contributed by atoms with Gasteiger partial charge in [0.15, 0.2) is 5.82 Å². The number of halogens is 1. The van der Waals surface area contributed by atoms with Crippen molar-refractivity contribution >= 4 is 27.4 Å². The second kappa shape index (κ2) is 4.45. The van der Waals surface area contributed by atoms with Crippen molar-refractivity contribution in [3.63, 3.8) is 0 Å². The summed E-state index contributed by atoms with van der Waals surface area (Å²) in [5.74, 6) is 1.01. The molecule has 2 aromatic rings. The molecular weight excluding hydrogens is 316 g/mol. The van der Waals surface area contributed by atoms with Crippen LogP contribution in [-0.4, -0.2) is 29.1 Å².